The molecule has 0 aliphatic carbocycles. The van der Waals surface area contributed by atoms with Crippen LogP contribution in [-0.4, -0.2) is 14.4 Å². The van der Waals surface area contributed by atoms with Crippen molar-refractivity contribution in [3.63, 3.8) is 0 Å². The third-order valence-electron chi connectivity index (χ3n) is 3.42. The first-order valence-corrected chi connectivity index (χ1v) is 6.92. The Morgan fingerprint density at radius 2 is 2.00 bits per heavy atom. The summed E-state index contributed by atoms with van der Waals surface area (Å²) in [6.45, 7) is 10.6. The lowest BCUT2D eigenvalue weighted by molar-refractivity contribution is 0.562. The molecule has 2 rings (SSSR count). The van der Waals surface area contributed by atoms with Crippen molar-refractivity contribution in [1.29, 1.82) is 0 Å². The highest BCUT2D eigenvalue weighted by atomic mass is 32.1. The molecule has 2 heterocycles. The number of nitrogens with zero attached hydrogens (tertiary/aromatic N) is 2. The second-order valence-corrected chi connectivity index (χ2v) is 6.55. The van der Waals surface area contributed by atoms with Crippen LogP contribution in [0.5, 0.6) is 0 Å². The normalized spacial score (nSPS) is 13.7. The van der Waals surface area contributed by atoms with E-state index in [0.29, 0.717) is 4.99 Å². The van der Waals surface area contributed by atoms with Crippen molar-refractivity contribution in [3.05, 3.63) is 35.3 Å². The van der Waals surface area contributed by atoms with E-state index in [9.17, 15) is 0 Å². The highest BCUT2D eigenvalue weighted by molar-refractivity contribution is 7.80. The Bertz CT molecular complexity index is 635. The number of aromatic nitrogens is 2. The quantitative estimate of drug-likeness (QED) is 0.855. The molecule has 102 valence electrons. The molecule has 2 aromatic rings. The summed E-state index contributed by atoms with van der Waals surface area (Å²) in [4.78, 5) is 5.31. The van der Waals surface area contributed by atoms with Crippen LogP contribution >= 0.6 is 12.2 Å². The topological polar surface area (TPSA) is 43.3 Å². The standard InChI is InChI=1S/C15H21N3S/c1-9-7-6-8-11-17-13(15(3,4)5)12(18(9)11)10(2)14(16)19/h6-8,10H,1-5H3,(H2,16,19). The van der Waals surface area contributed by atoms with E-state index >= 15 is 0 Å². The number of rotatable bonds is 2. The van der Waals surface area contributed by atoms with Crippen molar-refractivity contribution in [2.24, 2.45) is 5.73 Å². The summed E-state index contributed by atoms with van der Waals surface area (Å²) < 4.78 is 2.17. The Kier molecular flexibility index (Phi) is 3.39. The molecular formula is C15H21N3S. The second kappa shape index (κ2) is 4.60. The van der Waals surface area contributed by atoms with E-state index in [-0.39, 0.29) is 11.3 Å². The largest absolute Gasteiger partial charge is 0.393 e. The maximum Gasteiger partial charge on any atom is 0.137 e. The number of hydrogen-bond donors (Lipinski definition) is 1. The van der Waals surface area contributed by atoms with Crippen molar-refractivity contribution in [2.75, 3.05) is 0 Å². The molecular weight excluding hydrogens is 254 g/mol. The molecule has 0 bridgehead atoms. The fourth-order valence-electron chi connectivity index (χ4n) is 2.37. The zero-order chi connectivity index (χ0) is 14.4. The Morgan fingerprint density at radius 1 is 1.37 bits per heavy atom. The Labute approximate surface area is 119 Å². The van der Waals surface area contributed by atoms with Crippen LogP contribution in [0.2, 0.25) is 0 Å². The van der Waals surface area contributed by atoms with Crippen LogP contribution in [-0.2, 0) is 5.41 Å². The lowest BCUT2D eigenvalue weighted by Crippen LogP contribution is -2.23. The van der Waals surface area contributed by atoms with Crippen molar-refractivity contribution in [3.8, 4) is 0 Å². The summed E-state index contributed by atoms with van der Waals surface area (Å²) in [7, 11) is 0. The van der Waals surface area contributed by atoms with E-state index in [0.717, 1.165) is 22.7 Å². The number of hydrogen-bond acceptors (Lipinski definition) is 2. The van der Waals surface area contributed by atoms with E-state index < -0.39 is 0 Å². The van der Waals surface area contributed by atoms with Gasteiger partial charge in [0.2, 0.25) is 0 Å². The summed E-state index contributed by atoms with van der Waals surface area (Å²) in [6.07, 6.45) is 0. The van der Waals surface area contributed by atoms with Crippen LogP contribution in [0, 0.1) is 6.92 Å². The fourth-order valence-corrected chi connectivity index (χ4v) is 2.48. The van der Waals surface area contributed by atoms with Crippen molar-refractivity contribution >= 4 is 22.9 Å². The summed E-state index contributed by atoms with van der Waals surface area (Å²) in [6, 6.07) is 6.13. The van der Waals surface area contributed by atoms with Crippen LogP contribution in [0.15, 0.2) is 18.2 Å². The van der Waals surface area contributed by atoms with Crippen molar-refractivity contribution in [2.45, 2.75) is 46.0 Å². The van der Waals surface area contributed by atoms with E-state index in [1.807, 2.05) is 19.1 Å². The molecule has 0 amide bonds. The number of nitrogens with two attached hydrogens (primary N) is 1. The first kappa shape index (κ1) is 14.0. The minimum absolute atomic E-state index is 0.0142. The third kappa shape index (κ3) is 2.37. The number of imidazole rings is 1. The maximum absolute atomic E-state index is 5.87. The molecule has 0 aliphatic rings. The summed E-state index contributed by atoms with van der Waals surface area (Å²) in [5.41, 5.74) is 10.1. The third-order valence-corrected chi connectivity index (χ3v) is 3.78. The molecule has 2 aromatic heterocycles. The van der Waals surface area contributed by atoms with E-state index in [1.54, 1.807) is 0 Å². The molecule has 3 nitrogen and oxygen atoms in total. The van der Waals surface area contributed by atoms with Gasteiger partial charge in [0.05, 0.1) is 16.4 Å². The van der Waals surface area contributed by atoms with Crippen molar-refractivity contribution < 1.29 is 0 Å². The van der Waals surface area contributed by atoms with Gasteiger partial charge in [0.15, 0.2) is 0 Å². The molecule has 0 aliphatic heterocycles. The number of fused-ring (bicyclic) bond motifs is 1. The predicted molar refractivity (Wildman–Crippen MR) is 83.8 cm³/mol. The SMILES string of the molecule is Cc1cccc2nc(C(C)(C)C)c(C(C)C(N)=S)n12. The molecule has 4 heteroatoms. The number of pyridine rings is 1. The van der Waals surface area contributed by atoms with Gasteiger partial charge >= 0.3 is 0 Å². The number of aryl methyl sites for hydroxylation is 1. The summed E-state index contributed by atoms with van der Waals surface area (Å²) >= 11 is 5.19. The minimum atomic E-state index is -0.0349. The van der Waals surface area contributed by atoms with Crippen LogP contribution < -0.4 is 5.73 Å². The van der Waals surface area contributed by atoms with E-state index in [1.165, 1.54) is 0 Å². The highest BCUT2D eigenvalue weighted by Crippen LogP contribution is 2.32. The molecule has 19 heavy (non-hydrogen) atoms. The molecule has 1 atom stereocenters. The Balaban J connectivity index is 2.86. The minimum Gasteiger partial charge on any atom is -0.393 e. The van der Waals surface area contributed by atoms with Crippen LogP contribution in [0.25, 0.3) is 5.65 Å². The second-order valence-electron chi connectivity index (χ2n) is 6.08. The molecule has 0 spiro atoms. The van der Waals surface area contributed by atoms with E-state index in [2.05, 4.69) is 38.2 Å². The molecule has 2 N–H and O–H groups in total. The molecule has 1 unspecified atom stereocenters. The molecule has 0 radical (unpaired) electrons. The van der Waals surface area contributed by atoms with Gasteiger partial charge in [-0.05, 0) is 19.1 Å². The van der Waals surface area contributed by atoms with Crippen molar-refractivity contribution in [1.82, 2.24) is 9.38 Å². The van der Waals surface area contributed by atoms with Gasteiger partial charge in [0, 0.05) is 17.0 Å². The molecule has 0 fully saturated rings. The predicted octanol–water partition coefficient (Wildman–Crippen LogP) is 3.33. The van der Waals surface area contributed by atoms with Gasteiger partial charge in [-0.2, -0.15) is 0 Å². The van der Waals surface area contributed by atoms with Gasteiger partial charge in [0.1, 0.15) is 5.65 Å². The molecule has 0 saturated heterocycles. The van der Waals surface area contributed by atoms with Gasteiger partial charge in [-0.1, -0.05) is 46.0 Å². The first-order chi connectivity index (χ1) is 8.73. The highest BCUT2D eigenvalue weighted by Gasteiger charge is 2.28. The Hall–Kier alpha value is -1.42. The summed E-state index contributed by atoms with van der Waals surface area (Å²) in [5.74, 6) is 0.0142. The monoisotopic (exact) mass is 275 g/mol. The Morgan fingerprint density at radius 3 is 2.53 bits per heavy atom. The van der Waals surface area contributed by atoms with Crippen LogP contribution in [0.1, 0.15) is 50.7 Å². The maximum atomic E-state index is 5.87. The van der Waals surface area contributed by atoms with Crippen LogP contribution in [0.4, 0.5) is 0 Å². The van der Waals surface area contributed by atoms with Gasteiger partial charge in [-0.3, -0.25) is 0 Å². The van der Waals surface area contributed by atoms with Gasteiger partial charge in [-0.25, -0.2) is 4.98 Å². The number of thiocarbonyl (C=S) groups is 1. The first-order valence-electron chi connectivity index (χ1n) is 6.51. The zero-order valence-corrected chi connectivity index (χ0v) is 13.0. The fraction of sp³-hybridized carbons (Fsp3) is 0.467. The summed E-state index contributed by atoms with van der Waals surface area (Å²) in [5, 5.41) is 0. The van der Waals surface area contributed by atoms with Gasteiger partial charge in [-0.15, -0.1) is 0 Å². The zero-order valence-electron chi connectivity index (χ0n) is 12.2. The van der Waals surface area contributed by atoms with Crippen LogP contribution in [0.3, 0.4) is 0 Å². The lowest BCUT2D eigenvalue weighted by Gasteiger charge is -2.21. The molecule has 0 saturated carbocycles. The van der Waals surface area contributed by atoms with Gasteiger partial charge < -0.3 is 10.1 Å². The molecule has 0 aromatic carbocycles. The lowest BCUT2D eigenvalue weighted by atomic mass is 9.87. The average molecular weight is 275 g/mol. The smallest absolute Gasteiger partial charge is 0.137 e. The average Bonchev–Trinajstić information content (AvgIpc) is 2.68. The van der Waals surface area contributed by atoms with Gasteiger partial charge in [0.25, 0.3) is 0 Å². The van der Waals surface area contributed by atoms with E-state index in [4.69, 9.17) is 22.9 Å².